The van der Waals surface area contributed by atoms with E-state index in [1.807, 2.05) is 24.3 Å². The molecule has 0 atom stereocenters. The van der Waals surface area contributed by atoms with Crippen molar-refractivity contribution in [2.75, 3.05) is 0 Å². The number of imidazole rings is 1. The fourth-order valence-electron chi connectivity index (χ4n) is 2.46. The van der Waals surface area contributed by atoms with Gasteiger partial charge >= 0.3 is 0 Å². The number of nitrogens with zero attached hydrogens (tertiary/aromatic N) is 1. The number of hydrogen-bond donors (Lipinski definition) is 3. The molecule has 0 aliphatic heterocycles. The Morgan fingerprint density at radius 1 is 1.00 bits per heavy atom. The maximum Gasteiger partial charge on any atom is 0.200 e. The second kappa shape index (κ2) is 3.84. The van der Waals surface area contributed by atoms with E-state index in [1.165, 1.54) is 12.1 Å². The van der Waals surface area contributed by atoms with Crippen molar-refractivity contribution in [2.45, 2.75) is 0 Å². The number of halogens is 1. The summed E-state index contributed by atoms with van der Waals surface area (Å²) in [5.74, 6) is 0.138. The van der Waals surface area contributed by atoms with Crippen LogP contribution in [0.3, 0.4) is 0 Å². The first-order chi connectivity index (χ1) is 9.72. The highest BCUT2D eigenvalue weighted by atomic mass is 19.1. The van der Waals surface area contributed by atoms with Crippen LogP contribution in [0.1, 0.15) is 0 Å². The fourth-order valence-corrected chi connectivity index (χ4v) is 2.46. The Labute approximate surface area is 112 Å². The predicted octanol–water partition coefficient (Wildman–Crippen LogP) is 3.56. The summed E-state index contributed by atoms with van der Waals surface area (Å²) in [6.45, 7) is 0. The number of aromatic amines is 2. The van der Waals surface area contributed by atoms with E-state index < -0.39 is 0 Å². The molecule has 0 radical (unpaired) electrons. The summed E-state index contributed by atoms with van der Waals surface area (Å²) < 4.78 is 13.4. The van der Waals surface area contributed by atoms with Crippen LogP contribution < -0.4 is 0 Å². The van der Waals surface area contributed by atoms with Gasteiger partial charge in [-0.25, -0.2) is 9.37 Å². The van der Waals surface area contributed by atoms with Gasteiger partial charge in [0.15, 0.2) is 0 Å². The summed E-state index contributed by atoms with van der Waals surface area (Å²) in [5.41, 5.74) is 2.82. The monoisotopic (exact) mass is 267 g/mol. The first-order valence-corrected chi connectivity index (χ1v) is 6.18. The van der Waals surface area contributed by atoms with Crippen molar-refractivity contribution in [3.8, 4) is 17.3 Å². The van der Waals surface area contributed by atoms with Crippen LogP contribution in [0, 0.1) is 5.82 Å². The van der Waals surface area contributed by atoms with Gasteiger partial charge in [-0.15, -0.1) is 0 Å². The van der Waals surface area contributed by atoms with Crippen LogP contribution in [-0.4, -0.2) is 20.1 Å². The SMILES string of the molecule is Oc1[nH]c2ccc(F)cc2c1-c1nc2ccccc2[nH]1. The standard InChI is InChI=1S/C15H10FN3O/c16-8-5-6-10-9(7-8)13(15(20)19-10)14-17-11-3-1-2-4-12(11)18-14/h1-7,19-20H,(H,17,18). The summed E-state index contributed by atoms with van der Waals surface area (Å²) in [5, 5.41) is 10.7. The molecule has 0 fully saturated rings. The Kier molecular flexibility index (Phi) is 2.12. The van der Waals surface area contributed by atoms with Crippen molar-refractivity contribution in [1.82, 2.24) is 15.0 Å². The second-order valence-corrected chi connectivity index (χ2v) is 4.64. The highest BCUT2D eigenvalue weighted by Crippen LogP contribution is 2.36. The minimum atomic E-state index is -0.353. The number of nitrogens with one attached hydrogen (secondary N) is 2. The molecule has 5 heteroatoms. The number of benzene rings is 2. The third kappa shape index (κ3) is 1.50. The number of rotatable bonds is 1. The fraction of sp³-hybridized carbons (Fsp3) is 0. The van der Waals surface area contributed by atoms with E-state index in [1.54, 1.807) is 6.07 Å². The predicted molar refractivity (Wildman–Crippen MR) is 75.0 cm³/mol. The minimum Gasteiger partial charge on any atom is -0.494 e. The Bertz CT molecular complexity index is 906. The molecular formula is C15H10FN3O. The lowest BCUT2D eigenvalue weighted by molar-refractivity contribution is 0.460. The van der Waals surface area contributed by atoms with Gasteiger partial charge in [-0.3, -0.25) is 0 Å². The molecule has 4 rings (SSSR count). The molecule has 0 saturated carbocycles. The van der Waals surface area contributed by atoms with Gasteiger partial charge in [0.05, 0.1) is 16.6 Å². The van der Waals surface area contributed by atoms with Gasteiger partial charge in [-0.05, 0) is 30.3 Å². The van der Waals surface area contributed by atoms with Crippen molar-refractivity contribution in [2.24, 2.45) is 0 Å². The van der Waals surface area contributed by atoms with Gasteiger partial charge in [0.2, 0.25) is 5.88 Å². The van der Waals surface area contributed by atoms with Gasteiger partial charge in [-0.1, -0.05) is 12.1 Å². The lowest BCUT2D eigenvalue weighted by Gasteiger charge is -1.95. The van der Waals surface area contributed by atoms with Crippen LogP contribution >= 0.6 is 0 Å². The summed E-state index contributed by atoms with van der Waals surface area (Å²) in [4.78, 5) is 10.4. The maximum atomic E-state index is 13.4. The topological polar surface area (TPSA) is 64.7 Å². The second-order valence-electron chi connectivity index (χ2n) is 4.64. The maximum absolute atomic E-state index is 13.4. The quantitative estimate of drug-likeness (QED) is 0.493. The number of para-hydroxylation sites is 2. The van der Waals surface area contributed by atoms with Gasteiger partial charge in [0.1, 0.15) is 11.6 Å². The number of hydrogen-bond acceptors (Lipinski definition) is 2. The molecule has 0 aliphatic rings. The Balaban J connectivity index is 2.05. The third-order valence-corrected chi connectivity index (χ3v) is 3.37. The molecule has 0 spiro atoms. The number of aromatic nitrogens is 3. The van der Waals surface area contributed by atoms with Crippen LogP contribution in [0.5, 0.6) is 5.88 Å². The van der Waals surface area contributed by atoms with Gasteiger partial charge < -0.3 is 15.1 Å². The molecule has 0 unspecified atom stereocenters. The first kappa shape index (κ1) is 11.0. The number of aromatic hydroxyl groups is 1. The number of fused-ring (bicyclic) bond motifs is 2. The van der Waals surface area contributed by atoms with E-state index in [-0.39, 0.29) is 11.7 Å². The molecule has 0 aliphatic carbocycles. The normalized spacial score (nSPS) is 11.4. The Hall–Kier alpha value is -2.82. The third-order valence-electron chi connectivity index (χ3n) is 3.37. The highest BCUT2D eigenvalue weighted by Gasteiger charge is 2.16. The van der Waals surface area contributed by atoms with Crippen LogP contribution in [0.2, 0.25) is 0 Å². The average molecular weight is 267 g/mol. The largest absolute Gasteiger partial charge is 0.494 e. The molecular weight excluding hydrogens is 257 g/mol. The molecule has 0 bridgehead atoms. The van der Waals surface area contributed by atoms with Crippen LogP contribution in [0.25, 0.3) is 33.3 Å². The van der Waals surface area contributed by atoms with E-state index in [9.17, 15) is 9.50 Å². The van der Waals surface area contributed by atoms with E-state index in [2.05, 4.69) is 15.0 Å². The Morgan fingerprint density at radius 3 is 2.70 bits per heavy atom. The molecule has 2 aromatic heterocycles. The van der Waals surface area contributed by atoms with Crippen molar-refractivity contribution >= 4 is 21.9 Å². The van der Waals surface area contributed by atoms with E-state index >= 15 is 0 Å². The lowest BCUT2D eigenvalue weighted by atomic mass is 10.1. The first-order valence-electron chi connectivity index (χ1n) is 6.18. The average Bonchev–Trinajstić information content (AvgIpc) is 2.97. The molecule has 98 valence electrons. The van der Waals surface area contributed by atoms with Crippen molar-refractivity contribution in [3.05, 3.63) is 48.3 Å². The summed E-state index contributed by atoms with van der Waals surface area (Å²) in [6.07, 6.45) is 0. The van der Waals surface area contributed by atoms with E-state index in [0.717, 1.165) is 11.0 Å². The molecule has 4 aromatic rings. The zero-order chi connectivity index (χ0) is 13.7. The Morgan fingerprint density at radius 2 is 1.85 bits per heavy atom. The molecule has 3 N–H and O–H groups in total. The zero-order valence-corrected chi connectivity index (χ0v) is 10.3. The molecule has 0 saturated heterocycles. The van der Waals surface area contributed by atoms with Crippen molar-refractivity contribution in [3.63, 3.8) is 0 Å². The van der Waals surface area contributed by atoms with Crippen LogP contribution in [0.15, 0.2) is 42.5 Å². The lowest BCUT2D eigenvalue weighted by Crippen LogP contribution is -1.80. The molecule has 2 aromatic carbocycles. The smallest absolute Gasteiger partial charge is 0.200 e. The minimum absolute atomic E-state index is 0.0235. The molecule has 4 nitrogen and oxygen atoms in total. The van der Waals surface area contributed by atoms with Gasteiger partial charge in [-0.2, -0.15) is 0 Å². The zero-order valence-electron chi connectivity index (χ0n) is 10.3. The van der Waals surface area contributed by atoms with E-state index in [4.69, 9.17) is 0 Å². The molecule has 2 heterocycles. The summed E-state index contributed by atoms with van der Waals surface area (Å²) in [7, 11) is 0. The van der Waals surface area contributed by atoms with E-state index in [0.29, 0.717) is 22.3 Å². The molecule has 0 amide bonds. The highest BCUT2D eigenvalue weighted by molar-refractivity contribution is 5.98. The van der Waals surface area contributed by atoms with Gasteiger partial charge in [0, 0.05) is 10.9 Å². The van der Waals surface area contributed by atoms with Crippen molar-refractivity contribution in [1.29, 1.82) is 0 Å². The van der Waals surface area contributed by atoms with Crippen molar-refractivity contribution < 1.29 is 9.50 Å². The summed E-state index contributed by atoms with van der Waals surface area (Å²) in [6, 6.07) is 11.9. The summed E-state index contributed by atoms with van der Waals surface area (Å²) >= 11 is 0. The van der Waals surface area contributed by atoms with Gasteiger partial charge in [0.25, 0.3) is 0 Å². The number of H-pyrrole nitrogens is 2. The molecule has 20 heavy (non-hydrogen) atoms. The van der Waals surface area contributed by atoms with Crippen LogP contribution in [-0.2, 0) is 0 Å². The van der Waals surface area contributed by atoms with Crippen LogP contribution in [0.4, 0.5) is 4.39 Å².